The van der Waals surface area contributed by atoms with Crippen LogP contribution in [-0.2, 0) is 0 Å². The molecule has 3 aromatic rings. The number of hydrogen-bond acceptors (Lipinski definition) is 2. The average Bonchev–Trinajstić information content (AvgIpc) is 2.60. The molecule has 110 valence electrons. The van der Waals surface area contributed by atoms with E-state index in [2.05, 4.69) is 0 Å². The molecular formula is C19H22O2. The van der Waals surface area contributed by atoms with Crippen LogP contribution in [-0.4, -0.2) is 0 Å². The van der Waals surface area contributed by atoms with Crippen LogP contribution >= 0.6 is 0 Å². The van der Waals surface area contributed by atoms with E-state index in [0.29, 0.717) is 16.5 Å². The van der Waals surface area contributed by atoms with Gasteiger partial charge in [0.25, 0.3) is 0 Å². The van der Waals surface area contributed by atoms with Crippen LogP contribution in [0.5, 0.6) is 0 Å². The number of para-hydroxylation sites is 1. The molecule has 0 radical (unpaired) electrons. The minimum atomic E-state index is 0.0121. The Morgan fingerprint density at radius 1 is 0.762 bits per heavy atom. The second kappa shape index (κ2) is 8.75. The van der Waals surface area contributed by atoms with Crippen molar-refractivity contribution in [1.82, 2.24) is 0 Å². The summed E-state index contributed by atoms with van der Waals surface area (Å²) in [7, 11) is 0. The molecule has 0 fully saturated rings. The van der Waals surface area contributed by atoms with Gasteiger partial charge in [-0.2, -0.15) is 0 Å². The molecule has 2 aromatic carbocycles. The zero-order valence-corrected chi connectivity index (χ0v) is 13.1. The summed E-state index contributed by atoms with van der Waals surface area (Å²) in [6.45, 7) is 8.00. The fraction of sp³-hybridized carbons (Fsp3) is 0.211. The topological polar surface area (TPSA) is 30.2 Å². The van der Waals surface area contributed by atoms with Crippen LogP contribution in [0.3, 0.4) is 0 Å². The summed E-state index contributed by atoms with van der Waals surface area (Å²) in [6, 6.07) is 16.8. The predicted molar refractivity (Wildman–Crippen MR) is 90.6 cm³/mol. The molecule has 1 aromatic heterocycles. The molecule has 0 bridgehead atoms. The molecule has 3 rings (SSSR count). The summed E-state index contributed by atoms with van der Waals surface area (Å²) in [6.07, 6.45) is 1.53. The molecule has 0 N–H and O–H groups in total. The van der Waals surface area contributed by atoms with E-state index in [4.69, 9.17) is 4.42 Å². The number of fused-ring (bicyclic) bond motifs is 1. The molecule has 2 nitrogen and oxygen atoms in total. The first-order valence-electron chi connectivity index (χ1n) is 7.42. The first kappa shape index (κ1) is 16.7. The van der Waals surface area contributed by atoms with Gasteiger partial charge in [0.15, 0.2) is 5.43 Å². The Hall–Kier alpha value is -2.35. The molecule has 0 atom stereocenters. The Kier molecular flexibility index (Phi) is 6.96. The van der Waals surface area contributed by atoms with Crippen LogP contribution in [0, 0.1) is 0 Å². The molecule has 0 saturated heterocycles. The van der Waals surface area contributed by atoms with Crippen molar-refractivity contribution in [1.29, 1.82) is 0 Å². The minimum Gasteiger partial charge on any atom is -0.463 e. The Morgan fingerprint density at radius 3 is 2.00 bits per heavy atom. The SMILES string of the molecule is CC.CC.O=c1c(-c2ccccc2)coc2ccccc12. The van der Waals surface area contributed by atoms with E-state index < -0.39 is 0 Å². The predicted octanol–water partition coefficient (Wildman–Crippen LogP) is 5.51. The van der Waals surface area contributed by atoms with Crippen molar-refractivity contribution in [2.24, 2.45) is 0 Å². The van der Waals surface area contributed by atoms with Gasteiger partial charge < -0.3 is 4.42 Å². The van der Waals surface area contributed by atoms with E-state index >= 15 is 0 Å². The van der Waals surface area contributed by atoms with Gasteiger partial charge in [0.2, 0.25) is 0 Å². The van der Waals surface area contributed by atoms with Gasteiger partial charge in [-0.25, -0.2) is 0 Å². The largest absolute Gasteiger partial charge is 0.463 e. The van der Waals surface area contributed by atoms with E-state index in [9.17, 15) is 4.79 Å². The molecule has 0 aliphatic heterocycles. The lowest BCUT2D eigenvalue weighted by atomic mass is 10.1. The Bertz CT molecular complexity index is 712. The van der Waals surface area contributed by atoms with Crippen molar-refractivity contribution in [2.45, 2.75) is 27.7 Å². The fourth-order valence-electron chi connectivity index (χ4n) is 1.89. The molecule has 1 heterocycles. The number of benzene rings is 2. The molecule has 0 spiro atoms. The maximum Gasteiger partial charge on any atom is 0.200 e. The van der Waals surface area contributed by atoms with Crippen molar-refractivity contribution in [3.8, 4) is 11.1 Å². The van der Waals surface area contributed by atoms with Crippen LogP contribution in [0.15, 0.2) is 70.1 Å². The first-order valence-corrected chi connectivity index (χ1v) is 7.42. The summed E-state index contributed by atoms with van der Waals surface area (Å²) in [5.74, 6) is 0. The fourth-order valence-corrected chi connectivity index (χ4v) is 1.89. The lowest BCUT2D eigenvalue weighted by Crippen LogP contribution is -2.04. The quantitative estimate of drug-likeness (QED) is 0.589. The number of rotatable bonds is 1. The highest BCUT2D eigenvalue weighted by Gasteiger charge is 2.07. The molecule has 2 heteroatoms. The number of hydrogen-bond donors (Lipinski definition) is 0. The molecule has 0 amide bonds. The van der Waals surface area contributed by atoms with Crippen molar-refractivity contribution >= 4 is 11.0 Å². The summed E-state index contributed by atoms with van der Waals surface area (Å²) >= 11 is 0. The minimum absolute atomic E-state index is 0.0121. The van der Waals surface area contributed by atoms with E-state index in [-0.39, 0.29) is 5.43 Å². The van der Waals surface area contributed by atoms with Gasteiger partial charge in [-0.3, -0.25) is 4.79 Å². The maximum absolute atomic E-state index is 12.3. The molecule has 0 saturated carbocycles. The summed E-state index contributed by atoms with van der Waals surface area (Å²) in [5.41, 5.74) is 2.12. The van der Waals surface area contributed by atoms with Gasteiger partial charge in [-0.05, 0) is 17.7 Å². The van der Waals surface area contributed by atoms with Gasteiger partial charge >= 0.3 is 0 Å². The van der Waals surface area contributed by atoms with Crippen LogP contribution in [0.4, 0.5) is 0 Å². The third-order valence-electron chi connectivity index (χ3n) is 2.76. The summed E-state index contributed by atoms with van der Waals surface area (Å²) in [5, 5.41) is 0.619. The van der Waals surface area contributed by atoms with Crippen LogP contribution in [0.1, 0.15) is 27.7 Å². The Morgan fingerprint density at radius 2 is 1.33 bits per heavy atom. The summed E-state index contributed by atoms with van der Waals surface area (Å²) in [4.78, 5) is 12.3. The highest BCUT2D eigenvalue weighted by Crippen LogP contribution is 2.18. The zero-order chi connectivity index (χ0) is 15.7. The zero-order valence-electron chi connectivity index (χ0n) is 13.1. The maximum atomic E-state index is 12.3. The van der Waals surface area contributed by atoms with Gasteiger partial charge in [-0.15, -0.1) is 0 Å². The smallest absolute Gasteiger partial charge is 0.200 e. The first-order chi connectivity index (χ1) is 10.4. The third kappa shape index (κ3) is 3.82. The van der Waals surface area contributed by atoms with Crippen molar-refractivity contribution in [2.75, 3.05) is 0 Å². The van der Waals surface area contributed by atoms with E-state index in [1.54, 1.807) is 12.1 Å². The monoisotopic (exact) mass is 282 g/mol. The van der Waals surface area contributed by atoms with Gasteiger partial charge in [0.1, 0.15) is 11.8 Å². The molecular weight excluding hydrogens is 260 g/mol. The van der Waals surface area contributed by atoms with Crippen molar-refractivity contribution < 1.29 is 4.42 Å². The van der Waals surface area contributed by atoms with Crippen molar-refractivity contribution in [3.63, 3.8) is 0 Å². The van der Waals surface area contributed by atoms with Crippen LogP contribution in [0.25, 0.3) is 22.1 Å². The Balaban J connectivity index is 0.000000510. The molecule has 0 aliphatic carbocycles. The molecule has 0 unspecified atom stereocenters. The standard InChI is InChI=1S/C15H10O2.2C2H6/c16-15-12-8-4-5-9-14(12)17-10-13(15)11-6-2-1-3-7-11;2*1-2/h1-10H;2*1-2H3. The van der Waals surface area contributed by atoms with E-state index in [0.717, 1.165) is 5.56 Å². The lowest BCUT2D eigenvalue weighted by Gasteiger charge is -2.01. The molecule has 21 heavy (non-hydrogen) atoms. The third-order valence-corrected chi connectivity index (χ3v) is 2.76. The highest BCUT2D eigenvalue weighted by atomic mass is 16.3. The van der Waals surface area contributed by atoms with E-state index in [1.165, 1.54) is 6.26 Å². The summed E-state index contributed by atoms with van der Waals surface area (Å²) < 4.78 is 5.48. The highest BCUT2D eigenvalue weighted by molar-refractivity contribution is 5.81. The van der Waals surface area contributed by atoms with Crippen LogP contribution < -0.4 is 5.43 Å². The second-order valence-corrected chi connectivity index (χ2v) is 3.84. The molecule has 0 aliphatic rings. The van der Waals surface area contributed by atoms with Gasteiger partial charge in [0.05, 0.1) is 10.9 Å². The lowest BCUT2D eigenvalue weighted by molar-refractivity contribution is 0.604. The average molecular weight is 282 g/mol. The van der Waals surface area contributed by atoms with E-state index in [1.807, 2.05) is 70.2 Å². The second-order valence-electron chi connectivity index (χ2n) is 3.84. The normalized spacial score (nSPS) is 9.14. The van der Waals surface area contributed by atoms with Crippen molar-refractivity contribution in [3.05, 3.63) is 71.1 Å². The van der Waals surface area contributed by atoms with Gasteiger partial charge in [-0.1, -0.05) is 70.2 Å². The van der Waals surface area contributed by atoms with Gasteiger partial charge in [0, 0.05) is 0 Å². The Labute approximate surface area is 126 Å². The van der Waals surface area contributed by atoms with Crippen LogP contribution in [0.2, 0.25) is 0 Å².